The second-order valence-corrected chi connectivity index (χ2v) is 5.98. The summed E-state index contributed by atoms with van der Waals surface area (Å²) >= 11 is 5.90. The number of halogens is 1. The number of carboxylic acid groups (broad SMARTS) is 1. The Labute approximate surface area is 146 Å². The third kappa shape index (κ3) is 3.79. The van der Waals surface area contributed by atoms with Crippen LogP contribution in [0, 0.1) is 0 Å². The number of hydrogen-bond acceptors (Lipinski definition) is 4. The Hall–Kier alpha value is -1.85. The lowest BCUT2D eigenvalue weighted by Gasteiger charge is -2.26. The zero-order valence-corrected chi connectivity index (χ0v) is 14.9. The summed E-state index contributed by atoms with van der Waals surface area (Å²) in [7, 11) is 0. The first-order valence-corrected chi connectivity index (χ1v) is 8.45. The van der Waals surface area contributed by atoms with E-state index in [4.69, 9.17) is 20.8 Å². The van der Waals surface area contributed by atoms with Gasteiger partial charge in [0.05, 0.1) is 5.69 Å². The quantitative estimate of drug-likeness (QED) is 0.745. The van der Waals surface area contributed by atoms with Gasteiger partial charge in [-0.3, -0.25) is 0 Å². The van der Waals surface area contributed by atoms with Gasteiger partial charge in [-0.15, -0.1) is 0 Å². The fourth-order valence-electron chi connectivity index (χ4n) is 2.51. The number of carboxylic acids is 1. The summed E-state index contributed by atoms with van der Waals surface area (Å²) in [4.78, 5) is 16.0. The van der Waals surface area contributed by atoms with E-state index in [-0.39, 0.29) is 6.61 Å². The van der Waals surface area contributed by atoms with Crippen molar-refractivity contribution in [2.45, 2.75) is 52.2 Å². The molecule has 0 saturated heterocycles. The van der Waals surface area contributed by atoms with Crippen LogP contribution in [0.3, 0.4) is 0 Å². The Bertz CT molecular complexity index is 690. The number of hydrogen-bond donors (Lipinski definition) is 1. The molecule has 6 heteroatoms. The minimum absolute atomic E-state index is 0.0811. The van der Waals surface area contributed by atoms with Gasteiger partial charge in [0.2, 0.25) is 5.89 Å². The smallest absolute Gasteiger partial charge is 0.335 e. The van der Waals surface area contributed by atoms with Crippen LogP contribution in [0.2, 0.25) is 5.02 Å². The highest BCUT2D eigenvalue weighted by molar-refractivity contribution is 6.30. The molecule has 0 saturated carbocycles. The number of nitrogens with zero attached hydrogens (tertiary/aromatic N) is 1. The van der Waals surface area contributed by atoms with Crippen LogP contribution >= 0.6 is 11.6 Å². The number of aryl methyl sites for hydroxylation is 1. The van der Waals surface area contributed by atoms with Crippen molar-refractivity contribution in [3.05, 3.63) is 40.7 Å². The number of ether oxygens (including phenoxy) is 1. The van der Waals surface area contributed by atoms with E-state index in [1.54, 1.807) is 26.0 Å². The zero-order valence-electron chi connectivity index (χ0n) is 14.1. The van der Waals surface area contributed by atoms with Gasteiger partial charge in [-0.05, 0) is 43.5 Å². The third-order valence-electron chi connectivity index (χ3n) is 4.22. The summed E-state index contributed by atoms with van der Waals surface area (Å²) in [6, 6.07) is 7.20. The SMILES string of the molecule is CCc1nc(-c2ccc(Cl)cc2)oc1COC(CC)(CC)C(=O)O. The minimum atomic E-state index is -1.20. The van der Waals surface area contributed by atoms with Crippen LogP contribution in [0.5, 0.6) is 0 Å². The van der Waals surface area contributed by atoms with E-state index < -0.39 is 11.6 Å². The topological polar surface area (TPSA) is 72.6 Å². The van der Waals surface area contributed by atoms with Gasteiger partial charge in [0.25, 0.3) is 0 Å². The fourth-order valence-corrected chi connectivity index (χ4v) is 2.64. The van der Waals surface area contributed by atoms with Crippen LogP contribution in [0.1, 0.15) is 45.1 Å². The molecule has 0 radical (unpaired) electrons. The predicted octanol–water partition coefficient (Wildman–Crippen LogP) is 4.72. The molecule has 0 atom stereocenters. The number of rotatable bonds is 8. The molecular formula is C18H22ClNO4. The van der Waals surface area contributed by atoms with E-state index in [0.29, 0.717) is 35.9 Å². The molecule has 2 rings (SSSR count). The molecule has 1 heterocycles. The van der Waals surface area contributed by atoms with Crippen LogP contribution in [0.25, 0.3) is 11.5 Å². The van der Waals surface area contributed by atoms with Crippen molar-refractivity contribution in [1.29, 1.82) is 0 Å². The number of carbonyl (C=O) groups is 1. The third-order valence-corrected chi connectivity index (χ3v) is 4.47. The highest BCUT2D eigenvalue weighted by atomic mass is 35.5. The van der Waals surface area contributed by atoms with E-state index in [9.17, 15) is 9.90 Å². The first-order valence-electron chi connectivity index (χ1n) is 8.07. The predicted molar refractivity (Wildman–Crippen MR) is 92.1 cm³/mol. The lowest BCUT2D eigenvalue weighted by molar-refractivity contribution is -0.169. The summed E-state index contributed by atoms with van der Waals surface area (Å²) in [5.41, 5.74) is 0.389. The normalized spacial score (nSPS) is 11.7. The Morgan fingerprint density at radius 3 is 2.38 bits per heavy atom. The molecule has 1 N–H and O–H groups in total. The van der Waals surface area contributed by atoms with E-state index in [2.05, 4.69) is 4.98 Å². The molecule has 0 amide bonds. The Kier molecular flexibility index (Phi) is 6.02. The molecule has 0 fully saturated rings. The van der Waals surface area contributed by atoms with E-state index >= 15 is 0 Å². The molecule has 0 spiro atoms. The maximum Gasteiger partial charge on any atom is 0.335 e. The average molecular weight is 352 g/mol. The molecule has 0 aliphatic carbocycles. The Balaban J connectivity index is 2.24. The van der Waals surface area contributed by atoms with Gasteiger partial charge in [0.15, 0.2) is 11.4 Å². The molecule has 130 valence electrons. The number of aliphatic carboxylic acids is 1. The van der Waals surface area contributed by atoms with Gasteiger partial charge >= 0.3 is 5.97 Å². The molecule has 5 nitrogen and oxygen atoms in total. The van der Waals surface area contributed by atoms with E-state index in [0.717, 1.165) is 11.3 Å². The molecule has 2 aromatic rings. The molecule has 0 aliphatic rings. The van der Waals surface area contributed by atoms with Crippen molar-refractivity contribution in [1.82, 2.24) is 4.98 Å². The maximum absolute atomic E-state index is 11.5. The Morgan fingerprint density at radius 1 is 1.25 bits per heavy atom. The second kappa shape index (κ2) is 7.81. The summed E-state index contributed by atoms with van der Waals surface area (Å²) in [5, 5.41) is 10.1. The van der Waals surface area contributed by atoms with Gasteiger partial charge in [-0.2, -0.15) is 0 Å². The molecule has 0 aliphatic heterocycles. The lowest BCUT2D eigenvalue weighted by Crippen LogP contribution is -2.40. The molecule has 0 bridgehead atoms. The van der Waals surface area contributed by atoms with Gasteiger partial charge in [0, 0.05) is 10.6 Å². The van der Waals surface area contributed by atoms with E-state index in [1.165, 1.54) is 0 Å². The number of aromatic nitrogens is 1. The van der Waals surface area contributed by atoms with Crippen LogP contribution in [0.4, 0.5) is 0 Å². The first kappa shape index (κ1) is 18.5. The zero-order chi connectivity index (χ0) is 17.7. The van der Waals surface area contributed by atoms with Crippen molar-refractivity contribution >= 4 is 17.6 Å². The fraction of sp³-hybridized carbons (Fsp3) is 0.444. The van der Waals surface area contributed by atoms with Crippen LogP contribution < -0.4 is 0 Å². The van der Waals surface area contributed by atoms with Crippen molar-refractivity contribution in [3.8, 4) is 11.5 Å². The number of benzene rings is 1. The standard InChI is InChI=1S/C18H22ClNO4/c1-4-14-15(11-23-18(5-2,6-3)17(21)22)24-16(20-14)12-7-9-13(19)10-8-12/h7-10H,4-6,11H2,1-3H3,(H,21,22). The minimum Gasteiger partial charge on any atom is -0.479 e. The average Bonchev–Trinajstić information content (AvgIpc) is 3.00. The van der Waals surface area contributed by atoms with Gasteiger partial charge in [-0.1, -0.05) is 32.4 Å². The van der Waals surface area contributed by atoms with Crippen LogP contribution in [0.15, 0.2) is 28.7 Å². The van der Waals surface area contributed by atoms with Gasteiger partial charge < -0.3 is 14.3 Å². The van der Waals surface area contributed by atoms with Gasteiger partial charge in [0.1, 0.15) is 6.61 Å². The van der Waals surface area contributed by atoms with Gasteiger partial charge in [-0.25, -0.2) is 9.78 Å². The summed E-state index contributed by atoms with van der Waals surface area (Å²) < 4.78 is 11.6. The lowest BCUT2D eigenvalue weighted by atomic mass is 9.97. The van der Waals surface area contributed by atoms with Crippen molar-refractivity contribution in [3.63, 3.8) is 0 Å². The van der Waals surface area contributed by atoms with Crippen LogP contribution in [-0.4, -0.2) is 21.7 Å². The Morgan fingerprint density at radius 2 is 1.88 bits per heavy atom. The monoisotopic (exact) mass is 351 g/mol. The van der Waals surface area contributed by atoms with E-state index in [1.807, 2.05) is 19.1 Å². The number of oxazole rings is 1. The molecular weight excluding hydrogens is 330 g/mol. The highest BCUT2D eigenvalue weighted by Crippen LogP contribution is 2.27. The molecule has 1 aromatic carbocycles. The molecule has 1 aromatic heterocycles. The first-order chi connectivity index (χ1) is 11.5. The van der Waals surface area contributed by atoms with Crippen molar-refractivity contribution in [2.24, 2.45) is 0 Å². The maximum atomic E-state index is 11.5. The molecule has 0 unspecified atom stereocenters. The summed E-state index contributed by atoms with van der Waals surface area (Å²) in [6.07, 6.45) is 1.45. The second-order valence-electron chi connectivity index (χ2n) is 5.54. The molecule has 24 heavy (non-hydrogen) atoms. The summed E-state index contributed by atoms with van der Waals surface area (Å²) in [6.45, 7) is 5.66. The van der Waals surface area contributed by atoms with Crippen molar-refractivity contribution in [2.75, 3.05) is 0 Å². The highest BCUT2D eigenvalue weighted by Gasteiger charge is 2.36. The summed E-state index contributed by atoms with van der Waals surface area (Å²) in [5.74, 6) is 0.0917. The largest absolute Gasteiger partial charge is 0.479 e. The van der Waals surface area contributed by atoms with Crippen molar-refractivity contribution < 1.29 is 19.1 Å². The van der Waals surface area contributed by atoms with Crippen LogP contribution in [-0.2, 0) is 22.6 Å².